The maximum atomic E-state index is 12.6. The first kappa shape index (κ1) is 25.3. The summed E-state index contributed by atoms with van der Waals surface area (Å²) in [5, 5.41) is 17.9. The molecule has 0 aliphatic heterocycles. The average molecular weight is 515 g/mol. The molecule has 3 aromatic rings. The Morgan fingerprint density at radius 1 is 0.914 bits per heavy atom. The van der Waals surface area contributed by atoms with Crippen LogP contribution in [0.3, 0.4) is 0 Å². The quantitative estimate of drug-likeness (QED) is 0.123. The van der Waals surface area contributed by atoms with Gasteiger partial charge < -0.3 is 10.1 Å². The van der Waals surface area contributed by atoms with Gasteiger partial charge in [-0.2, -0.15) is 5.10 Å². The van der Waals surface area contributed by atoms with Gasteiger partial charge in [-0.05, 0) is 43.3 Å². The zero-order valence-electron chi connectivity index (χ0n) is 18.0. The lowest BCUT2D eigenvalue weighted by atomic mass is 10.1. The fraction of sp³-hybridized carbons (Fsp3) is 0.0435. The van der Waals surface area contributed by atoms with Crippen molar-refractivity contribution in [3.63, 3.8) is 0 Å². The van der Waals surface area contributed by atoms with Gasteiger partial charge in [-0.15, -0.1) is 0 Å². The van der Waals surface area contributed by atoms with Gasteiger partial charge in [0, 0.05) is 17.3 Å². The molecule has 0 aliphatic carbocycles. The first-order chi connectivity index (χ1) is 16.7. The number of ether oxygens (including phenoxy) is 1. The van der Waals surface area contributed by atoms with E-state index in [-0.39, 0.29) is 32.8 Å². The van der Waals surface area contributed by atoms with Gasteiger partial charge in [0.2, 0.25) is 0 Å². The van der Waals surface area contributed by atoms with Gasteiger partial charge in [-0.1, -0.05) is 47.5 Å². The van der Waals surface area contributed by atoms with E-state index < -0.39 is 28.4 Å². The predicted molar refractivity (Wildman–Crippen MR) is 130 cm³/mol. The van der Waals surface area contributed by atoms with Crippen LogP contribution in [0.5, 0.6) is 5.75 Å². The molecule has 0 bridgehead atoms. The Hall–Kier alpha value is -4.28. The molecule has 2 amide bonds. The summed E-state index contributed by atoms with van der Waals surface area (Å²) in [6.07, 6.45) is 0. The summed E-state index contributed by atoms with van der Waals surface area (Å²) in [6.45, 7) is 1.51. The van der Waals surface area contributed by atoms with Crippen molar-refractivity contribution in [2.75, 3.05) is 5.32 Å². The minimum atomic E-state index is -1.06. The van der Waals surface area contributed by atoms with Gasteiger partial charge in [0.25, 0.3) is 5.69 Å². The molecule has 0 heterocycles. The molecule has 178 valence electrons. The molecule has 0 radical (unpaired) electrons. The number of rotatable bonds is 6. The van der Waals surface area contributed by atoms with E-state index in [1.807, 2.05) is 0 Å². The second kappa shape index (κ2) is 11.2. The highest BCUT2D eigenvalue weighted by Gasteiger charge is 2.22. The van der Waals surface area contributed by atoms with E-state index in [0.717, 1.165) is 0 Å². The van der Waals surface area contributed by atoms with Crippen molar-refractivity contribution in [3.8, 4) is 5.75 Å². The van der Waals surface area contributed by atoms with E-state index in [1.54, 1.807) is 18.2 Å². The van der Waals surface area contributed by atoms with Crippen molar-refractivity contribution < 1.29 is 24.0 Å². The molecular weight excluding hydrogens is 499 g/mol. The number of anilines is 1. The van der Waals surface area contributed by atoms with Crippen LogP contribution in [-0.2, 0) is 9.59 Å². The van der Waals surface area contributed by atoms with E-state index in [2.05, 4.69) is 15.8 Å². The molecule has 0 aliphatic rings. The lowest BCUT2D eigenvalue weighted by Crippen LogP contribution is -2.33. The molecule has 0 aromatic heterocycles. The van der Waals surface area contributed by atoms with Crippen LogP contribution in [0.25, 0.3) is 0 Å². The number of amides is 2. The number of benzene rings is 3. The Bertz CT molecular complexity index is 1360. The number of hydrogen-bond donors (Lipinski definition) is 2. The zero-order valence-corrected chi connectivity index (χ0v) is 19.5. The molecule has 3 aromatic carbocycles. The highest BCUT2D eigenvalue weighted by atomic mass is 35.5. The van der Waals surface area contributed by atoms with Gasteiger partial charge in [0.05, 0.1) is 20.7 Å². The van der Waals surface area contributed by atoms with Crippen molar-refractivity contribution in [1.29, 1.82) is 0 Å². The van der Waals surface area contributed by atoms with Crippen LogP contribution in [0.15, 0.2) is 71.8 Å². The molecule has 0 spiro atoms. The van der Waals surface area contributed by atoms with E-state index in [9.17, 15) is 24.5 Å². The van der Waals surface area contributed by atoms with Crippen molar-refractivity contribution in [1.82, 2.24) is 5.43 Å². The summed E-state index contributed by atoms with van der Waals surface area (Å²) < 4.78 is 5.36. The third kappa shape index (κ3) is 6.40. The Morgan fingerprint density at radius 2 is 1.57 bits per heavy atom. The number of carbonyl (C=O) groups excluding carboxylic acids is 3. The molecule has 0 saturated heterocycles. The summed E-state index contributed by atoms with van der Waals surface area (Å²) >= 11 is 11.7. The highest BCUT2D eigenvalue weighted by molar-refractivity contribution is 6.43. The number of nitrogens with zero attached hydrogens (tertiary/aromatic N) is 2. The Kier molecular flexibility index (Phi) is 8.13. The van der Waals surface area contributed by atoms with Crippen molar-refractivity contribution >= 4 is 58.1 Å². The lowest BCUT2D eigenvalue weighted by molar-refractivity contribution is -0.385. The number of para-hydroxylation sites is 2. The molecule has 35 heavy (non-hydrogen) atoms. The Labute approximate surface area is 208 Å². The summed E-state index contributed by atoms with van der Waals surface area (Å²) in [4.78, 5) is 47.4. The van der Waals surface area contributed by atoms with Crippen LogP contribution in [0, 0.1) is 10.1 Å². The predicted octanol–water partition coefficient (Wildman–Crippen LogP) is 4.60. The Morgan fingerprint density at radius 3 is 2.26 bits per heavy atom. The number of hydrogen-bond acceptors (Lipinski definition) is 7. The number of carbonyl (C=O) groups is 3. The molecule has 0 unspecified atom stereocenters. The van der Waals surface area contributed by atoms with Gasteiger partial charge in [-0.25, -0.2) is 10.2 Å². The Balaban J connectivity index is 1.72. The third-order valence-electron chi connectivity index (χ3n) is 4.51. The van der Waals surface area contributed by atoms with Crippen LogP contribution in [0.2, 0.25) is 10.0 Å². The van der Waals surface area contributed by atoms with Gasteiger partial charge >= 0.3 is 17.8 Å². The second-order valence-electron chi connectivity index (χ2n) is 6.88. The third-order valence-corrected chi connectivity index (χ3v) is 5.25. The van der Waals surface area contributed by atoms with Crippen molar-refractivity contribution in [2.45, 2.75) is 6.92 Å². The SMILES string of the molecule is C/C(=N\NC(=O)C(=O)Nc1ccc(Cl)c(Cl)c1)c1ccccc1OC(=O)c1ccccc1[N+](=O)[O-]. The number of hydrazone groups is 1. The maximum Gasteiger partial charge on any atom is 0.350 e. The molecule has 10 nitrogen and oxygen atoms in total. The monoisotopic (exact) mass is 514 g/mol. The first-order valence-corrected chi connectivity index (χ1v) is 10.6. The molecular formula is C23H16Cl2N4O6. The number of nitro groups is 1. The van der Waals surface area contributed by atoms with Gasteiger partial charge in [0.1, 0.15) is 11.3 Å². The molecule has 2 N–H and O–H groups in total. The minimum Gasteiger partial charge on any atom is -0.422 e. The molecule has 0 fully saturated rings. The van der Waals surface area contributed by atoms with Crippen molar-refractivity contribution in [3.05, 3.63) is 98.0 Å². The maximum absolute atomic E-state index is 12.6. The lowest BCUT2D eigenvalue weighted by Gasteiger charge is -2.10. The largest absolute Gasteiger partial charge is 0.422 e. The zero-order chi connectivity index (χ0) is 25.5. The molecule has 0 atom stereocenters. The van der Waals surface area contributed by atoms with Crippen molar-refractivity contribution in [2.24, 2.45) is 5.10 Å². The van der Waals surface area contributed by atoms with Crippen LogP contribution in [0.4, 0.5) is 11.4 Å². The summed E-state index contributed by atoms with van der Waals surface area (Å²) in [7, 11) is 0. The fourth-order valence-corrected chi connectivity index (χ4v) is 3.12. The fourth-order valence-electron chi connectivity index (χ4n) is 2.82. The number of halogens is 2. The van der Waals surface area contributed by atoms with Gasteiger partial charge in [-0.3, -0.25) is 19.7 Å². The van der Waals surface area contributed by atoms with Crippen LogP contribution < -0.4 is 15.5 Å². The summed E-state index contributed by atoms with van der Waals surface area (Å²) in [6, 6.07) is 15.9. The highest BCUT2D eigenvalue weighted by Crippen LogP contribution is 2.25. The molecule has 12 heteroatoms. The van der Waals surface area contributed by atoms with Crippen LogP contribution in [-0.4, -0.2) is 28.4 Å². The first-order valence-electron chi connectivity index (χ1n) is 9.83. The normalized spacial score (nSPS) is 10.9. The standard InChI is InChI=1S/C23H16Cl2N4O6/c1-13(27-28-22(31)21(30)26-14-10-11-17(24)18(25)12-14)15-6-3-5-9-20(15)35-23(32)16-7-2-4-8-19(16)29(33)34/h2-12H,1H3,(H,26,30)(H,28,31)/b27-13+. The molecule has 3 rings (SSSR count). The van der Waals surface area contributed by atoms with E-state index in [4.69, 9.17) is 27.9 Å². The smallest absolute Gasteiger partial charge is 0.350 e. The topological polar surface area (TPSA) is 140 Å². The van der Waals surface area contributed by atoms with E-state index in [0.29, 0.717) is 5.56 Å². The van der Waals surface area contributed by atoms with E-state index >= 15 is 0 Å². The summed E-state index contributed by atoms with van der Waals surface area (Å²) in [5.74, 6) is -2.96. The summed E-state index contributed by atoms with van der Waals surface area (Å²) in [5.41, 5.74) is 2.25. The second-order valence-corrected chi connectivity index (χ2v) is 7.70. The minimum absolute atomic E-state index is 0.0476. The number of nitrogens with one attached hydrogen (secondary N) is 2. The van der Waals surface area contributed by atoms with E-state index in [1.165, 1.54) is 55.5 Å². The average Bonchev–Trinajstić information content (AvgIpc) is 2.84. The number of esters is 1. The van der Waals surface area contributed by atoms with Gasteiger partial charge in [0.15, 0.2) is 0 Å². The molecule has 0 saturated carbocycles. The van der Waals surface area contributed by atoms with Crippen LogP contribution >= 0.6 is 23.2 Å². The van der Waals surface area contributed by atoms with Crippen LogP contribution in [0.1, 0.15) is 22.8 Å². The number of nitro benzene ring substituents is 1.